The number of rotatable bonds is 5. The van der Waals surface area contributed by atoms with Crippen LogP contribution < -0.4 is 5.73 Å². The van der Waals surface area contributed by atoms with Gasteiger partial charge in [0.15, 0.2) is 5.16 Å². The van der Waals surface area contributed by atoms with Gasteiger partial charge in [0.2, 0.25) is 0 Å². The van der Waals surface area contributed by atoms with Crippen molar-refractivity contribution in [2.75, 3.05) is 0 Å². The number of halogens is 2. The van der Waals surface area contributed by atoms with Gasteiger partial charge in [-0.15, -0.1) is 10.2 Å². The van der Waals surface area contributed by atoms with Gasteiger partial charge >= 0.3 is 0 Å². The summed E-state index contributed by atoms with van der Waals surface area (Å²) in [5, 5.41) is 8.72. The molecule has 4 nitrogen and oxygen atoms in total. The Balaban J connectivity index is 2.19. The summed E-state index contributed by atoms with van der Waals surface area (Å²) < 4.78 is 28.6. The Hall–Kier alpha value is -1.47. The first-order chi connectivity index (χ1) is 9.52. The predicted molar refractivity (Wildman–Crippen MR) is 74.2 cm³/mol. The van der Waals surface area contributed by atoms with Gasteiger partial charge in [0.25, 0.3) is 0 Å². The number of thioether (sulfide) groups is 1. The first-order valence-corrected chi connectivity index (χ1v) is 7.22. The molecule has 20 heavy (non-hydrogen) atoms. The Labute approximate surface area is 120 Å². The summed E-state index contributed by atoms with van der Waals surface area (Å²) >= 11 is 1.31. The van der Waals surface area contributed by atoms with Crippen LogP contribution in [-0.4, -0.2) is 14.8 Å². The molecule has 2 aromatic rings. The summed E-state index contributed by atoms with van der Waals surface area (Å²) in [6.45, 7) is 4.28. The van der Waals surface area contributed by atoms with Gasteiger partial charge in [-0.3, -0.25) is 0 Å². The molecule has 1 aromatic heterocycles. The SMILES string of the molecule is CC(C)n1c(CN)nnc1SCc1cc(F)ccc1F. The fourth-order valence-electron chi connectivity index (χ4n) is 1.86. The van der Waals surface area contributed by atoms with E-state index in [1.54, 1.807) is 0 Å². The molecular formula is C13H16F2N4S. The Morgan fingerprint density at radius 1 is 1.30 bits per heavy atom. The van der Waals surface area contributed by atoms with E-state index in [2.05, 4.69) is 10.2 Å². The zero-order chi connectivity index (χ0) is 14.7. The molecule has 1 heterocycles. The van der Waals surface area contributed by atoms with Crippen molar-refractivity contribution in [3.8, 4) is 0 Å². The van der Waals surface area contributed by atoms with Crippen LogP contribution >= 0.6 is 11.8 Å². The summed E-state index contributed by atoms with van der Waals surface area (Å²) in [6, 6.07) is 3.59. The molecule has 0 saturated carbocycles. The van der Waals surface area contributed by atoms with Gasteiger partial charge in [-0.25, -0.2) is 8.78 Å². The molecule has 0 bridgehead atoms. The number of benzene rings is 1. The maximum atomic E-state index is 13.6. The zero-order valence-corrected chi connectivity index (χ0v) is 12.1. The maximum Gasteiger partial charge on any atom is 0.191 e. The lowest BCUT2D eigenvalue weighted by Crippen LogP contribution is -2.11. The third-order valence-electron chi connectivity index (χ3n) is 2.80. The van der Waals surface area contributed by atoms with E-state index in [1.165, 1.54) is 17.8 Å². The number of aromatic nitrogens is 3. The number of hydrogen-bond acceptors (Lipinski definition) is 4. The minimum absolute atomic E-state index is 0.156. The van der Waals surface area contributed by atoms with Crippen molar-refractivity contribution in [1.29, 1.82) is 0 Å². The van der Waals surface area contributed by atoms with Crippen LogP contribution in [-0.2, 0) is 12.3 Å². The highest BCUT2D eigenvalue weighted by Gasteiger charge is 2.15. The predicted octanol–water partition coefficient (Wildman–Crippen LogP) is 2.89. The molecule has 108 valence electrons. The lowest BCUT2D eigenvalue weighted by molar-refractivity contribution is 0.526. The highest BCUT2D eigenvalue weighted by Crippen LogP contribution is 2.26. The average Bonchev–Trinajstić information content (AvgIpc) is 2.83. The normalized spacial score (nSPS) is 11.3. The molecule has 2 N–H and O–H groups in total. The third kappa shape index (κ3) is 3.16. The van der Waals surface area contributed by atoms with E-state index in [4.69, 9.17) is 5.73 Å². The highest BCUT2D eigenvalue weighted by molar-refractivity contribution is 7.98. The molecule has 2 rings (SSSR count). The smallest absolute Gasteiger partial charge is 0.191 e. The molecule has 0 unspecified atom stereocenters. The minimum atomic E-state index is -0.449. The van der Waals surface area contributed by atoms with Crippen molar-refractivity contribution in [3.63, 3.8) is 0 Å². The van der Waals surface area contributed by atoms with Crippen LogP contribution in [0.5, 0.6) is 0 Å². The largest absolute Gasteiger partial charge is 0.324 e. The monoisotopic (exact) mass is 298 g/mol. The van der Waals surface area contributed by atoms with Crippen LogP contribution in [0, 0.1) is 11.6 Å². The van der Waals surface area contributed by atoms with Gasteiger partial charge in [-0.2, -0.15) is 0 Å². The second-order valence-corrected chi connectivity index (χ2v) is 5.53. The maximum absolute atomic E-state index is 13.6. The van der Waals surface area contributed by atoms with Crippen molar-refractivity contribution in [3.05, 3.63) is 41.2 Å². The fourth-order valence-corrected chi connectivity index (χ4v) is 2.92. The van der Waals surface area contributed by atoms with Crippen LogP contribution in [0.15, 0.2) is 23.4 Å². The summed E-state index contributed by atoms with van der Waals surface area (Å²) in [5.41, 5.74) is 5.92. The molecule has 0 aliphatic heterocycles. The van der Waals surface area contributed by atoms with Crippen molar-refractivity contribution >= 4 is 11.8 Å². The van der Waals surface area contributed by atoms with Crippen LogP contribution in [0.1, 0.15) is 31.3 Å². The van der Waals surface area contributed by atoms with Crippen LogP contribution in [0.2, 0.25) is 0 Å². The second kappa shape index (κ2) is 6.32. The van der Waals surface area contributed by atoms with Crippen molar-refractivity contribution in [2.24, 2.45) is 5.73 Å². The standard InChI is InChI=1S/C13H16F2N4S/c1-8(2)19-12(6-16)17-18-13(19)20-7-9-5-10(14)3-4-11(9)15/h3-5,8H,6-7,16H2,1-2H3. The lowest BCUT2D eigenvalue weighted by atomic mass is 10.2. The summed E-state index contributed by atoms with van der Waals surface area (Å²) in [5.74, 6) is 0.102. The van der Waals surface area contributed by atoms with E-state index < -0.39 is 11.6 Å². The Kier molecular flexibility index (Phi) is 4.72. The van der Waals surface area contributed by atoms with Crippen LogP contribution in [0.4, 0.5) is 8.78 Å². The molecule has 0 fully saturated rings. The van der Waals surface area contributed by atoms with E-state index in [1.807, 2.05) is 18.4 Å². The van der Waals surface area contributed by atoms with Gasteiger partial charge in [0, 0.05) is 17.4 Å². The Morgan fingerprint density at radius 3 is 2.70 bits per heavy atom. The first kappa shape index (κ1) is 14.9. The zero-order valence-electron chi connectivity index (χ0n) is 11.3. The Morgan fingerprint density at radius 2 is 2.05 bits per heavy atom. The van der Waals surface area contributed by atoms with Gasteiger partial charge in [-0.05, 0) is 32.0 Å². The fraction of sp³-hybridized carbons (Fsp3) is 0.385. The van der Waals surface area contributed by atoms with Crippen molar-refractivity contribution < 1.29 is 8.78 Å². The van der Waals surface area contributed by atoms with Crippen molar-refractivity contribution in [2.45, 2.75) is 37.3 Å². The molecule has 0 saturated heterocycles. The topological polar surface area (TPSA) is 56.7 Å². The van der Waals surface area contributed by atoms with Gasteiger partial charge in [-0.1, -0.05) is 11.8 Å². The lowest BCUT2D eigenvalue weighted by Gasteiger charge is -2.12. The van der Waals surface area contributed by atoms with Gasteiger partial charge < -0.3 is 10.3 Å². The van der Waals surface area contributed by atoms with E-state index in [0.717, 1.165) is 12.1 Å². The van der Waals surface area contributed by atoms with Gasteiger partial charge in [0.05, 0.1) is 6.54 Å². The summed E-state index contributed by atoms with van der Waals surface area (Å²) in [6.07, 6.45) is 0. The molecular weight excluding hydrogens is 282 g/mol. The summed E-state index contributed by atoms with van der Waals surface area (Å²) in [7, 11) is 0. The highest BCUT2D eigenvalue weighted by atomic mass is 32.2. The van der Waals surface area contributed by atoms with E-state index in [-0.39, 0.29) is 6.04 Å². The van der Waals surface area contributed by atoms with E-state index in [9.17, 15) is 8.78 Å². The molecule has 0 amide bonds. The first-order valence-electron chi connectivity index (χ1n) is 6.23. The van der Waals surface area contributed by atoms with E-state index in [0.29, 0.717) is 28.8 Å². The second-order valence-electron chi connectivity index (χ2n) is 4.59. The number of nitrogens with two attached hydrogens (primary N) is 1. The van der Waals surface area contributed by atoms with Gasteiger partial charge in [0.1, 0.15) is 17.5 Å². The van der Waals surface area contributed by atoms with Crippen molar-refractivity contribution in [1.82, 2.24) is 14.8 Å². The van der Waals surface area contributed by atoms with E-state index >= 15 is 0 Å². The molecule has 7 heteroatoms. The molecule has 0 radical (unpaired) electrons. The molecule has 0 aliphatic rings. The number of hydrogen-bond donors (Lipinski definition) is 1. The minimum Gasteiger partial charge on any atom is -0.324 e. The molecule has 0 atom stereocenters. The molecule has 1 aromatic carbocycles. The molecule has 0 spiro atoms. The summed E-state index contributed by atoms with van der Waals surface area (Å²) in [4.78, 5) is 0. The molecule has 0 aliphatic carbocycles. The third-order valence-corrected chi connectivity index (χ3v) is 3.79. The Bertz CT molecular complexity index is 598. The number of nitrogens with zero attached hydrogens (tertiary/aromatic N) is 3. The quantitative estimate of drug-likeness (QED) is 0.862. The van der Waals surface area contributed by atoms with Crippen LogP contribution in [0.25, 0.3) is 0 Å². The average molecular weight is 298 g/mol. The van der Waals surface area contributed by atoms with Crippen LogP contribution in [0.3, 0.4) is 0 Å².